The van der Waals surface area contributed by atoms with Crippen LogP contribution in [0.3, 0.4) is 0 Å². The molecule has 5 heteroatoms. The molecule has 138 valence electrons. The Morgan fingerprint density at radius 2 is 1.96 bits per heavy atom. The maximum absolute atomic E-state index is 12.6. The van der Waals surface area contributed by atoms with Crippen molar-refractivity contribution in [2.75, 3.05) is 13.1 Å². The molecule has 1 saturated heterocycles. The van der Waals surface area contributed by atoms with Gasteiger partial charge in [-0.25, -0.2) is 0 Å². The number of phenols is 1. The highest BCUT2D eigenvalue weighted by molar-refractivity contribution is 6.01. The lowest BCUT2D eigenvalue weighted by atomic mass is 9.94. The lowest BCUT2D eigenvalue weighted by molar-refractivity contribution is 0.0960. The van der Waals surface area contributed by atoms with Gasteiger partial charge in [0.15, 0.2) is 0 Å². The quantitative estimate of drug-likeness (QED) is 0.667. The number of H-pyrrole nitrogens is 1. The van der Waals surface area contributed by atoms with Crippen molar-refractivity contribution < 1.29 is 9.90 Å². The number of amides is 1. The summed E-state index contributed by atoms with van der Waals surface area (Å²) in [6.07, 6.45) is 2.48. The average molecular weight is 361 g/mol. The van der Waals surface area contributed by atoms with Crippen LogP contribution in [0.5, 0.6) is 5.75 Å². The number of aromatic nitrogens is 1. The maximum Gasteiger partial charge on any atom is 0.252 e. The molecule has 3 heterocycles. The van der Waals surface area contributed by atoms with Gasteiger partial charge in [0.25, 0.3) is 5.91 Å². The molecule has 2 aliphatic heterocycles. The van der Waals surface area contributed by atoms with Gasteiger partial charge in [-0.2, -0.15) is 0 Å². The van der Waals surface area contributed by atoms with Crippen LogP contribution in [0.2, 0.25) is 0 Å². The lowest BCUT2D eigenvalue weighted by Gasteiger charge is -2.19. The zero-order valence-corrected chi connectivity index (χ0v) is 15.4. The highest BCUT2D eigenvalue weighted by Gasteiger charge is 2.34. The number of aryl methyl sites for hydroxylation is 1. The molecule has 2 aliphatic rings. The Balaban J connectivity index is 1.67. The Kier molecular flexibility index (Phi) is 3.72. The van der Waals surface area contributed by atoms with Crippen LogP contribution in [0.25, 0.3) is 10.9 Å². The molecule has 1 amide bonds. The van der Waals surface area contributed by atoms with Gasteiger partial charge in [0.05, 0.1) is 6.04 Å². The average Bonchev–Trinajstić information content (AvgIpc) is 3.35. The van der Waals surface area contributed by atoms with Crippen LogP contribution in [0.4, 0.5) is 0 Å². The van der Waals surface area contributed by atoms with Crippen molar-refractivity contribution in [2.45, 2.75) is 32.4 Å². The highest BCUT2D eigenvalue weighted by atomic mass is 16.3. The van der Waals surface area contributed by atoms with E-state index in [-0.39, 0.29) is 17.7 Å². The monoisotopic (exact) mass is 361 g/mol. The van der Waals surface area contributed by atoms with E-state index in [1.807, 2.05) is 19.1 Å². The summed E-state index contributed by atoms with van der Waals surface area (Å²) in [5, 5.41) is 14.5. The first-order valence-corrected chi connectivity index (χ1v) is 9.58. The summed E-state index contributed by atoms with van der Waals surface area (Å²) in [5.74, 6) is 0.159. The van der Waals surface area contributed by atoms with Crippen molar-refractivity contribution in [1.29, 1.82) is 0 Å². The van der Waals surface area contributed by atoms with Crippen LogP contribution < -0.4 is 5.32 Å². The van der Waals surface area contributed by atoms with Crippen LogP contribution in [0.15, 0.2) is 36.4 Å². The third-order valence-electron chi connectivity index (χ3n) is 5.90. The molecule has 1 atom stereocenters. The molecular weight excluding hydrogens is 338 g/mol. The Labute approximate surface area is 158 Å². The second-order valence-corrected chi connectivity index (χ2v) is 7.68. The number of nitrogens with zero attached hydrogens (tertiary/aromatic N) is 1. The van der Waals surface area contributed by atoms with E-state index in [1.165, 1.54) is 12.8 Å². The SMILES string of the molecule is Cc1cc2c(cc1O)[C@@H](c1c(CN3CCCC3)[nH]c3ccccc13)NC2=O. The van der Waals surface area contributed by atoms with Gasteiger partial charge in [0.1, 0.15) is 5.75 Å². The maximum atomic E-state index is 12.6. The molecule has 5 rings (SSSR count). The van der Waals surface area contributed by atoms with Crippen LogP contribution in [-0.4, -0.2) is 34.0 Å². The van der Waals surface area contributed by atoms with Crippen LogP contribution in [-0.2, 0) is 6.54 Å². The fourth-order valence-electron chi connectivity index (χ4n) is 4.50. The third-order valence-corrected chi connectivity index (χ3v) is 5.90. The van der Waals surface area contributed by atoms with Gasteiger partial charge in [0.2, 0.25) is 0 Å². The molecule has 3 N–H and O–H groups in total. The van der Waals surface area contributed by atoms with Crippen molar-refractivity contribution in [3.63, 3.8) is 0 Å². The summed E-state index contributed by atoms with van der Waals surface area (Å²) in [7, 11) is 0. The molecule has 0 unspecified atom stereocenters. The summed E-state index contributed by atoms with van der Waals surface area (Å²) in [4.78, 5) is 18.7. The number of carbonyl (C=O) groups excluding carboxylic acids is 1. The predicted octanol–water partition coefficient (Wildman–Crippen LogP) is 3.61. The molecule has 5 nitrogen and oxygen atoms in total. The minimum absolute atomic E-state index is 0.0736. The number of carbonyl (C=O) groups is 1. The fourth-order valence-corrected chi connectivity index (χ4v) is 4.50. The molecule has 0 spiro atoms. The van der Waals surface area contributed by atoms with Gasteiger partial charge < -0.3 is 15.4 Å². The van der Waals surface area contributed by atoms with Crippen molar-refractivity contribution >= 4 is 16.8 Å². The number of para-hydroxylation sites is 1. The van der Waals surface area contributed by atoms with Crippen LogP contribution >= 0.6 is 0 Å². The van der Waals surface area contributed by atoms with Gasteiger partial charge in [-0.1, -0.05) is 18.2 Å². The number of likely N-dealkylation sites (tertiary alicyclic amines) is 1. The normalized spacial score (nSPS) is 19.6. The van der Waals surface area contributed by atoms with Crippen LogP contribution in [0.1, 0.15) is 51.6 Å². The molecular formula is C22H23N3O2. The topological polar surface area (TPSA) is 68.4 Å². The second kappa shape index (κ2) is 6.13. The summed E-state index contributed by atoms with van der Waals surface area (Å²) in [6, 6.07) is 11.5. The van der Waals surface area contributed by atoms with E-state index in [1.54, 1.807) is 12.1 Å². The third kappa shape index (κ3) is 2.61. The number of fused-ring (bicyclic) bond motifs is 2. The van der Waals surface area contributed by atoms with E-state index in [9.17, 15) is 9.90 Å². The Bertz CT molecular complexity index is 1050. The Morgan fingerprint density at radius 3 is 2.78 bits per heavy atom. The number of aromatic hydroxyl groups is 1. The van der Waals surface area contributed by atoms with Gasteiger partial charge in [-0.3, -0.25) is 9.69 Å². The minimum Gasteiger partial charge on any atom is -0.508 e. The molecule has 1 aromatic heterocycles. The van der Waals surface area contributed by atoms with E-state index in [4.69, 9.17) is 0 Å². The first kappa shape index (κ1) is 16.4. The minimum atomic E-state index is -0.243. The smallest absolute Gasteiger partial charge is 0.252 e. The number of rotatable bonds is 3. The van der Waals surface area contributed by atoms with E-state index in [0.29, 0.717) is 5.56 Å². The molecule has 0 saturated carbocycles. The first-order valence-electron chi connectivity index (χ1n) is 9.58. The van der Waals surface area contributed by atoms with Gasteiger partial charge in [-0.05, 0) is 62.2 Å². The number of aromatic amines is 1. The van der Waals surface area contributed by atoms with Crippen molar-refractivity contribution in [3.8, 4) is 5.75 Å². The zero-order chi connectivity index (χ0) is 18.5. The second-order valence-electron chi connectivity index (χ2n) is 7.68. The van der Waals surface area contributed by atoms with Gasteiger partial charge >= 0.3 is 0 Å². The Hall–Kier alpha value is -2.79. The first-order chi connectivity index (χ1) is 13.1. The fraction of sp³-hybridized carbons (Fsp3) is 0.318. The van der Waals surface area contributed by atoms with Gasteiger partial charge in [0, 0.05) is 34.3 Å². The summed E-state index contributed by atoms with van der Waals surface area (Å²) >= 11 is 0. The lowest BCUT2D eigenvalue weighted by Crippen LogP contribution is -2.23. The molecule has 1 fully saturated rings. The summed E-state index contributed by atoms with van der Waals surface area (Å²) in [5.41, 5.74) is 5.59. The molecule has 0 aliphatic carbocycles. The van der Waals surface area contributed by atoms with E-state index in [2.05, 4.69) is 27.3 Å². The summed E-state index contributed by atoms with van der Waals surface area (Å²) < 4.78 is 0. The van der Waals surface area contributed by atoms with Crippen molar-refractivity contribution in [2.24, 2.45) is 0 Å². The number of nitrogens with one attached hydrogen (secondary N) is 2. The molecule has 0 radical (unpaired) electrons. The molecule has 0 bridgehead atoms. The van der Waals surface area contributed by atoms with Gasteiger partial charge in [-0.15, -0.1) is 0 Å². The standard InChI is InChI=1S/C22H23N3O2/c1-13-10-16-15(11-19(13)26)21(24-22(16)27)20-14-6-2-3-7-17(14)23-18(20)12-25-8-4-5-9-25/h2-3,6-7,10-11,21,23,26H,4-5,8-9,12H2,1H3,(H,24,27)/t21-/m0/s1. The number of benzene rings is 2. The number of hydrogen-bond acceptors (Lipinski definition) is 3. The molecule has 27 heavy (non-hydrogen) atoms. The van der Waals surface area contributed by atoms with Crippen molar-refractivity contribution in [1.82, 2.24) is 15.2 Å². The largest absolute Gasteiger partial charge is 0.508 e. The predicted molar refractivity (Wildman–Crippen MR) is 105 cm³/mol. The summed E-state index contributed by atoms with van der Waals surface area (Å²) in [6.45, 7) is 4.90. The molecule has 2 aromatic carbocycles. The van der Waals surface area contributed by atoms with Crippen LogP contribution in [0, 0.1) is 6.92 Å². The molecule has 3 aromatic rings. The van der Waals surface area contributed by atoms with E-state index < -0.39 is 0 Å². The van der Waals surface area contributed by atoms with E-state index >= 15 is 0 Å². The number of hydrogen-bond donors (Lipinski definition) is 3. The number of phenolic OH excluding ortho intramolecular Hbond substituents is 1. The van der Waals surface area contributed by atoms with E-state index in [0.717, 1.165) is 52.9 Å². The van der Waals surface area contributed by atoms with Crippen molar-refractivity contribution in [3.05, 3.63) is 64.3 Å². The highest BCUT2D eigenvalue weighted by Crippen LogP contribution is 2.39. The zero-order valence-electron chi connectivity index (χ0n) is 15.4. The Morgan fingerprint density at radius 1 is 1.19 bits per heavy atom.